The molecule has 4 rings (SSSR count). The van der Waals surface area contributed by atoms with E-state index in [9.17, 15) is 19.5 Å². The number of ether oxygens (including phenoxy) is 2. The Balaban J connectivity index is 1.62. The topological polar surface area (TPSA) is 126 Å². The average Bonchev–Trinajstić information content (AvgIpc) is 2.93. The second kappa shape index (κ2) is 11.9. The van der Waals surface area contributed by atoms with E-state index in [-0.39, 0.29) is 26.9 Å². The van der Waals surface area contributed by atoms with Gasteiger partial charge in [0.1, 0.15) is 22.6 Å². The van der Waals surface area contributed by atoms with Crippen molar-refractivity contribution >= 4 is 53.1 Å². The highest BCUT2D eigenvalue weighted by Gasteiger charge is 2.34. The van der Waals surface area contributed by atoms with Crippen molar-refractivity contribution in [3.05, 3.63) is 98.6 Å². The van der Waals surface area contributed by atoms with Gasteiger partial charge in [-0.25, -0.2) is 0 Å². The molecule has 1 aromatic heterocycles. The van der Waals surface area contributed by atoms with Crippen molar-refractivity contribution in [2.45, 2.75) is 6.92 Å². The lowest BCUT2D eigenvalue weighted by atomic mass is 10.1. The van der Waals surface area contributed by atoms with Gasteiger partial charge in [0.05, 0.1) is 25.6 Å². The molecule has 2 aromatic carbocycles. The Morgan fingerprint density at radius 3 is 2.08 bits per heavy atom. The van der Waals surface area contributed by atoms with Crippen molar-refractivity contribution in [3.8, 4) is 23.1 Å². The number of methoxy groups -OCH3 is 2. The molecule has 204 valence electrons. The summed E-state index contributed by atoms with van der Waals surface area (Å²) in [5.41, 5.74) is 0.812. The minimum Gasteiger partial charge on any atom is -0.497 e. The monoisotopic (exact) mass is 576 g/mol. The molecular formula is C28H24N4O6S2. The number of aromatic nitrogens is 2. The number of aromatic amines is 1. The summed E-state index contributed by atoms with van der Waals surface area (Å²) < 4.78 is 11.6. The molecule has 3 N–H and O–H groups in total. The number of rotatable bonds is 7. The molecule has 40 heavy (non-hydrogen) atoms. The fourth-order valence-corrected chi connectivity index (χ4v) is 4.35. The number of anilines is 1. The number of hydrogen-bond acceptors (Lipinski definition) is 8. The number of aromatic hydroxyl groups is 1. The fourth-order valence-electron chi connectivity index (χ4n) is 3.79. The van der Waals surface area contributed by atoms with Crippen LogP contribution in [-0.4, -0.2) is 45.8 Å². The van der Waals surface area contributed by atoms with Crippen LogP contribution in [0.3, 0.4) is 0 Å². The number of carbonyl (C=O) groups is 2. The minimum atomic E-state index is -0.636. The third-order valence-corrected chi connectivity index (χ3v) is 6.48. The van der Waals surface area contributed by atoms with E-state index in [1.165, 1.54) is 41.9 Å². The largest absolute Gasteiger partial charge is 0.497 e. The molecule has 1 aliphatic rings. The Kier molecular flexibility index (Phi) is 8.41. The van der Waals surface area contributed by atoms with Crippen molar-refractivity contribution < 1.29 is 24.2 Å². The standard InChI is InChI=1S/C28H24N4O6S2/c1-16(4-14-21-23(33)29-27(39)31(25(21)35)17-6-10-19(37-2)11-7-17)5-15-22-24(34)30-28(40)32(26(22)36)18-8-12-20(38-3)13-9-18/h4-15,35H,1-3H3,(H,29,33,39)(H,30,34,40). The Hall–Kier alpha value is -4.81. The van der Waals surface area contributed by atoms with Gasteiger partial charge in [-0.1, -0.05) is 17.7 Å². The summed E-state index contributed by atoms with van der Waals surface area (Å²) in [4.78, 5) is 42.0. The van der Waals surface area contributed by atoms with E-state index in [1.54, 1.807) is 61.5 Å². The highest BCUT2D eigenvalue weighted by atomic mass is 32.1. The SMILES string of the molecule is COc1ccc(N2C(=O)C(=CC=C(C)C=Cc3c(O)n(-c4ccc(OC)cc4)c(=S)[nH]c3=O)C(=O)NC2=S)cc1. The number of nitrogens with zero attached hydrogens (tertiary/aromatic N) is 2. The Morgan fingerprint density at radius 2 is 1.50 bits per heavy atom. The van der Waals surface area contributed by atoms with E-state index in [4.69, 9.17) is 33.9 Å². The van der Waals surface area contributed by atoms with E-state index < -0.39 is 17.4 Å². The van der Waals surface area contributed by atoms with Gasteiger partial charge in [-0.3, -0.25) is 34.2 Å². The summed E-state index contributed by atoms with van der Waals surface area (Å²) in [6.45, 7) is 1.70. The zero-order valence-electron chi connectivity index (χ0n) is 21.6. The maximum Gasteiger partial charge on any atom is 0.270 e. The van der Waals surface area contributed by atoms with Crippen LogP contribution in [-0.2, 0) is 9.59 Å². The van der Waals surface area contributed by atoms with E-state index in [0.29, 0.717) is 28.4 Å². The molecule has 10 nitrogen and oxygen atoms in total. The molecule has 12 heteroatoms. The van der Waals surface area contributed by atoms with Crippen molar-refractivity contribution in [1.29, 1.82) is 0 Å². The van der Waals surface area contributed by atoms with Crippen molar-refractivity contribution in [2.75, 3.05) is 19.1 Å². The van der Waals surface area contributed by atoms with Gasteiger partial charge >= 0.3 is 0 Å². The van der Waals surface area contributed by atoms with Gasteiger partial charge in [-0.05, 0) is 92.0 Å². The first kappa shape index (κ1) is 28.2. The van der Waals surface area contributed by atoms with E-state index in [2.05, 4.69) is 10.3 Å². The molecule has 2 heterocycles. The predicted octanol–water partition coefficient (Wildman–Crippen LogP) is 3.95. The molecule has 1 saturated heterocycles. The number of nitrogens with one attached hydrogen (secondary N) is 2. The fraction of sp³-hybridized carbons (Fsp3) is 0.107. The highest BCUT2D eigenvalue weighted by molar-refractivity contribution is 7.80. The molecule has 0 spiro atoms. The molecule has 1 aliphatic heterocycles. The van der Waals surface area contributed by atoms with Gasteiger partial charge in [-0.15, -0.1) is 0 Å². The third kappa shape index (κ3) is 5.77. The quantitative estimate of drug-likeness (QED) is 0.167. The van der Waals surface area contributed by atoms with Crippen LogP contribution >= 0.6 is 24.4 Å². The first-order chi connectivity index (χ1) is 19.1. The number of thiocarbonyl (C=S) groups is 1. The summed E-state index contributed by atoms with van der Waals surface area (Å²) in [7, 11) is 3.06. The predicted molar refractivity (Wildman–Crippen MR) is 158 cm³/mol. The van der Waals surface area contributed by atoms with Gasteiger partial charge in [0.2, 0.25) is 5.88 Å². The number of hydrogen-bond donors (Lipinski definition) is 3. The normalized spacial score (nSPS) is 15.1. The molecule has 0 atom stereocenters. The molecule has 0 radical (unpaired) electrons. The molecule has 1 fully saturated rings. The smallest absolute Gasteiger partial charge is 0.270 e. The van der Waals surface area contributed by atoms with Crippen LogP contribution in [0.5, 0.6) is 17.4 Å². The van der Waals surface area contributed by atoms with E-state index >= 15 is 0 Å². The Bertz CT molecular complexity index is 1700. The van der Waals surface area contributed by atoms with E-state index in [0.717, 1.165) is 0 Å². The Labute approximate surface area is 239 Å². The number of amides is 2. The molecule has 3 aromatic rings. The van der Waals surface area contributed by atoms with Crippen LogP contribution in [0.25, 0.3) is 11.8 Å². The Morgan fingerprint density at radius 1 is 0.925 bits per heavy atom. The van der Waals surface area contributed by atoms with Gasteiger partial charge in [-0.2, -0.15) is 0 Å². The van der Waals surface area contributed by atoms with Crippen LogP contribution in [0.4, 0.5) is 5.69 Å². The van der Waals surface area contributed by atoms with Crippen molar-refractivity contribution in [3.63, 3.8) is 0 Å². The van der Waals surface area contributed by atoms with Crippen LogP contribution in [0, 0.1) is 4.77 Å². The molecule has 0 unspecified atom stereocenters. The van der Waals surface area contributed by atoms with Crippen LogP contribution in [0.15, 0.2) is 82.7 Å². The minimum absolute atomic E-state index is 0.0166. The molecule has 2 amide bonds. The second-order valence-electron chi connectivity index (χ2n) is 8.45. The van der Waals surface area contributed by atoms with Crippen LogP contribution in [0.1, 0.15) is 12.5 Å². The maximum atomic E-state index is 13.2. The average molecular weight is 577 g/mol. The lowest BCUT2D eigenvalue weighted by Crippen LogP contribution is -2.54. The number of H-pyrrole nitrogens is 1. The summed E-state index contributed by atoms with van der Waals surface area (Å²) in [6.07, 6.45) is 5.87. The first-order valence-electron chi connectivity index (χ1n) is 11.8. The molecular weight excluding hydrogens is 552 g/mol. The van der Waals surface area contributed by atoms with Gasteiger partial charge < -0.3 is 14.6 Å². The van der Waals surface area contributed by atoms with Crippen molar-refractivity contribution in [2.24, 2.45) is 0 Å². The van der Waals surface area contributed by atoms with Crippen molar-refractivity contribution in [1.82, 2.24) is 14.9 Å². The van der Waals surface area contributed by atoms with Crippen LogP contribution < -0.4 is 25.2 Å². The van der Waals surface area contributed by atoms with Gasteiger partial charge in [0.25, 0.3) is 17.4 Å². The lowest BCUT2D eigenvalue weighted by Gasteiger charge is -2.28. The lowest BCUT2D eigenvalue weighted by molar-refractivity contribution is -0.122. The van der Waals surface area contributed by atoms with Crippen LogP contribution in [0.2, 0.25) is 0 Å². The third-order valence-electron chi connectivity index (χ3n) is 5.91. The van der Waals surface area contributed by atoms with Gasteiger partial charge in [0, 0.05) is 0 Å². The summed E-state index contributed by atoms with van der Waals surface area (Å²) in [5, 5.41) is 13.4. The molecule has 0 bridgehead atoms. The maximum absolute atomic E-state index is 13.2. The first-order valence-corrected chi connectivity index (χ1v) is 12.6. The summed E-state index contributed by atoms with van der Waals surface area (Å²) in [6, 6.07) is 13.4. The van der Waals surface area contributed by atoms with Gasteiger partial charge in [0.15, 0.2) is 9.88 Å². The zero-order chi connectivity index (χ0) is 29.0. The molecule has 0 aliphatic carbocycles. The number of carbonyl (C=O) groups excluding carboxylic acids is 2. The zero-order valence-corrected chi connectivity index (χ0v) is 23.3. The number of benzene rings is 2. The summed E-state index contributed by atoms with van der Waals surface area (Å²) in [5.74, 6) is -0.364. The summed E-state index contributed by atoms with van der Waals surface area (Å²) >= 11 is 10.5. The molecule has 0 saturated carbocycles. The number of allylic oxidation sites excluding steroid dienone is 4. The highest BCUT2D eigenvalue weighted by Crippen LogP contribution is 2.25. The van der Waals surface area contributed by atoms with E-state index in [1.807, 2.05) is 0 Å². The second-order valence-corrected chi connectivity index (χ2v) is 9.23.